The van der Waals surface area contributed by atoms with Gasteiger partial charge >= 0.3 is 0 Å². The molecule has 0 amide bonds. The largest absolute Gasteiger partial charge is 0.388 e. The van der Waals surface area contributed by atoms with Gasteiger partial charge in [-0.1, -0.05) is 35.3 Å². The Bertz CT molecular complexity index is 407. The number of nitrogens with one attached hydrogen (secondary N) is 1. The van der Waals surface area contributed by atoms with E-state index in [1.165, 1.54) is 0 Å². The van der Waals surface area contributed by atoms with Crippen LogP contribution < -0.4 is 5.73 Å². The van der Waals surface area contributed by atoms with E-state index in [-0.39, 0.29) is 11.9 Å². The van der Waals surface area contributed by atoms with Gasteiger partial charge in [0.15, 0.2) is 0 Å². The van der Waals surface area contributed by atoms with Crippen molar-refractivity contribution in [1.29, 1.82) is 5.41 Å². The van der Waals surface area contributed by atoms with E-state index in [2.05, 4.69) is 4.90 Å². The lowest BCUT2D eigenvalue weighted by Gasteiger charge is -2.24. The summed E-state index contributed by atoms with van der Waals surface area (Å²) in [7, 11) is 1.98. The third-order valence-electron chi connectivity index (χ3n) is 2.72. The molecular formula is C12H17Cl2N3. The number of benzene rings is 1. The van der Waals surface area contributed by atoms with Crippen molar-refractivity contribution in [3.63, 3.8) is 0 Å². The van der Waals surface area contributed by atoms with Crippen LogP contribution in [0.5, 0.6) is 0 Å². The molecule has 0 aromatic heterocycles. The third kappa shape index (κ3) is 4.19. The highest BCUT2D eigenvalue weighted by atomic mass is 35.5. The zero-order valence-corrected chi connectivity index (χ0v) is 11.5. The SMILES string of the molecule is CC(CC(=N)N)N(C)Cc1cccc(Cl)c1Cl. The lowest BCUT2D eigenvalue weighted by atomic mass is 10.1. The number of amidine groups is 1. The van der Waals surface area contributed by atoms with Crippen molar-refractivity contribution in [1.82, 2.24) is 4.90 Å². The number of hydrogen-bond donors (Lipinski definition) is 2. The molecule has 0 aliphatic carbocycles. The van der Waals surface area contributed by atoms with Crippen molar-refractivity contribution in [3.8, 4) is 0 Å². The Morgan fingerprint density at radius 3 is 2.71 bits per heavy atom. The second kappa shape index (κ2) is 6.24. The number of nitrogens with two attached hydrogens (primary N) is 1. The van der Waals surface area contributed by atoms with Gasteiger partial charge in [-0.15, -0.1) is 0 Å². The molecule has 0 fully saturated rings. The summed E-state index contributed by atoms with van der Waals surface area (Å²) < 4.78 is 0. The second-order valence-corrected chi connectivity index (χ2v) is 4.99. The van der Waals surface area contributed by atoms with E-state index in [9.17, 15) is 0 Å². The zero-order valence-electron chi connectivity index (χ0n) is 10.0. The molecule has 5 heteroatoms. The van der Waals surface area contributed by atoms with Crippen LogP contribution in [-0.2, 0) is 6.54 Å². The molecule has 17 heavy (non-hydrogen) atoms. The van der Waals surface area contributed by atoms with Crippen molar-refractivity contribution in [2.75, 3.05) is 7.05 Å². The molecule has 1 rings (SSSR count). The maximum atomic E-state index is 7.28. The summed E-state index contributed by atoms with van der Waals surface area (Å²) in [6.07, 6.45) is 0.550. The molecule has 1 aromatic rings. The summed E-state index contributed by atoms with van der Waals surface area (Å²) in [5, 5.41) is 8.44. The predicted octanol–water partition coefficient (Wildman–Crippen LogP) is 3.14. The van der Waals surface area contributed by atoms with Gasteiger partial charge in [0.2, 0.25) is 0 Å². The molecule has 0 aliphatic rings. The molecule has 1 unspecified atom stereocenters. The van der Waals surface area contributed by atoms with Gasteiger partial charge in [0.05, 0.1) is 15.9 Å². The molecule has 3 N–H and O–H groups in total. The summed E-state index contributed by atoms with van der Waals surface area (Å²) in [5.74, 6) is 0.196. The quantitative estimate of drug-likeness (QED) is 0.640. The number of nitrogens with zero attached hydrogens (tertiary/aromatic N) is 1. The van der Waals surface area contributed by atoms with Crippen LogP contribution in [0.15, 0.2) is 18.2 Å². The smallest absolute Gasteiger partial charge is 0.0920 e. The first-order valence-electron chi connectivity index (χ1n) is 5.38. The summed E-state index contributed by atoms with van der Waals surface area (Å²) in [4.78, 5) is 2.10. The molecule has 1 aromatic carbocycles. The lowest BCUT2D eigenvalue weighted by Crippen LogP contribution is -2.32. The molecule has 1 atom stereocenters. The van der Waals surface area contributed by atoms with Gasteiger partial charge in [0.25, 0.3) is 0 Å². The highest BCUT2D eigenvalue weighted by Gasteiger charge is 2.13. The van der Waals surface area contributed by atoms with E-state index >= 15 is 0 Å². The van der Waals surface area contributed by atoms with E-state index in [1.807, 2.05) is 26.1 Å². The first kappa shape index (κ1) is 14.3. The van der Waals surface area contributed by atoms with Crippen LogP contribution in [0.25, 0.3) is 0 Å². The fourth-order valence-electron chi connectivity index (χ4n) is 1.57. The Kier molecular flexibility index (Phi) is 5.25. The molecule has 94 valence electrons. The molecule has 0 aliphatic heterocycles. The maximum Gasteiger partial charge on any atom is 0.0920 e. The van der Waals surface area contributed by atoms with Gasteiger partial charge in [-0.05, 0) is 25.6 Å². The van der Waals surface area contributed by atoms with Crippen LogP contribution in [0.3, 0.4) is 0 Å². The number of halogens is 2. The van der Waals surface area contributed by atoms with Crippen molar-refractivity contribution in [2.24, 2.45) is 5.73 Å². The molecule has 0 spiro atoms. The second-order valence-electron chi connectivity index (χ2n) is 4.21. The summed E-state index contributed by atoms with van der Waals surface area (Å²) in [5.41, 5.74) is 6.37. The van der Waals surface area contributed by atoms with Crippen molar-refractivity contribution < 1.29 is 0 Å². The maximum absolute atomic E-state index is 7.28. The van der Waals surface area contributed by atoms with Crippen molar-refractivity contribution in [3.05, 3.63) is 33.8 Å². The minimum Gasteiger partial charge on any atom is -0.388 e. The van der Waals surface area contributed by atoms with Crippen LogP contribution in [0.1, 0.15) is 18.9 Å². The molecule has 3 nitrogen and oxygen atoms in total. The standard InChI is InChI=1S/C12H17Cl2N3/c1-8(6-11(15)16)17(2)7-9-4-3-5-10(13)12(9)14/h3-5,8H,6-7H2,1-2H3,(H3,15,16). The summed E-state index contributed by atoms with van der Waals surface area (Å²) in [6, 6.07) is 5.80. The summed E-state index contributed by atoms with van der Waals surface area (Å²) >= 11 is 12.1. The molecule has 0 bridgehead atoms. The molecule has 0 heterocycles. The molecular weight excluding hydrogens is 257 g/mol. The normalized spacial score (nSPS) is 12.8. The fraction of sp³-hybridized carbons (Fsp3) is 0.417. The Labute approximate surface area is 112 Å². The average Bonchev–Trinajstić information content (AvgIpc) is 2.23. The molecule has 0 radical (unpaired) electrons. The highest BCUT2D eigenvalue weighted by molar-refractivity contribution is 6.42. The third-order valence-corrected chi connectivity index (χ3v) is 3.58. The van der Waals surface area contributed by atoms with Crippen LogP contribution in [0, 0.1) is 5.41 Å². The van der Waals surface area contributed by atoms with E-state index in [1.54, 1.807) is 6.07 Å². The van der Waals surface area contributed by atoms with Crippen LogP contribution in [0.2, 0.25) is 10.0 Å². The van der Waals surface area contributed by atoms with Gasteiger partial charge in [-0.25, -0.2) is 0 Å². The van der Waals surface area contributed by atoms with E-state index < -0.39 is 0 Å². The number of hydrogen-bond acceptors (Lipinski definition) is 2. The molecule has 0 saturated heterocycles. The van der Waals surface area contributed by atoms with Gasteiger partial charge in [0, 0.05) is 19.0 Å². The van der Waals surface area contributed by atoms with E-state index in [4.69, 9.17) is 34.3 Å². The van der Waals surface area contributed by atoms with Crippen molar-refractivity contribution >= 4 is 29.0 Å². The Morgan fingerprint density at radius 2 is 2.12 bits per heavy atom. The van der Waals surface area contributed by atoms with Gasteiger partial charge in [-0.2, -0.15) is 0 Å². The fourth-order valence-corrected chi connectivity index (χ4v) is 1.95. The van der Waals surface area contributed by atoms with Gasteiger partial charge in [0.1, 0.15) is 0 Å². The van der Waals surface area contributed by atoms with Crippen LogP contribution in [-0.4, -0.2) is 23.8 Å². The Balaban J connectivity index is 2.70. The number of rotatable bonds is 5. The first-order valence-corrected chi connectivity index (χ1v) is 6.13. The van der Waals surface area contributed by atoms with Crippen LogP contribution >= 0.6 is 23.2 Å². The summed E-state index contributed by atoms with van der Waals surface area (Å²) in [6.45, 7) is 2.72. The van der Waals surface area contributed by atoms with E-state index in [0.29, 0.717) is 23.0 Å². The Hall–Kier alpha value is -0.770. The minimum atomic E-state index is 0.196. The first-order chi connectivity index (χ1) is 7.91. The zero-order chi connectivity index (χ0) is 13.0. The molecule has 0 saturated carbocycles. The highest BCUT2D eigenvalue weighted by Crippen LogP contribution is 2.26. The van der Waals surface area contributed by atoms with E-state index in [0.717, 1.165) is 5.56 Å². The van der Waals surface area contributed by atoms with Crippen LogP contribution in [0.4, 0.5) is 0 Å². The van der Waals surface area contributed by atoms with Gasteiger partial charge in [-0.3, -0.25) is 10.3 Å². The predicted molar refractivity (Wildman–Crippen MR) is 73.9 cm³/mol. The van der Waals surface area contributed by atoms with Crippen molar-refractivity contribution in [2.45, 2.75) is 25.9 Å². The van der Waals surface area contributed by atoms with Gasteiger partial charge < -0.3 is 5.73 Å². The minimum absolute atomic E-state index is 0.196. The lowest BCUT2D eigenvalue weighted by molar-refractivity contribution is 0.254. The average molecular weight is 274 g/mol. The monoisotopic (exact) mass is 273 g/mol. The Morgan fingerprint density at radius 1 is 1.47 bits per heavy atom. The topological polar surface area (TPSA) is 53.1 Å².